The highest BCUT2D eigenvalue weighted by Gasteiger charge is 2.03. The third kappa shape index (κ3) is 15.2. The second-order valence-electron chi connectivity index (χ2n) is 8.90. The van der Waals surface area contributed by atoms with Crippen LogP contribution >= 0.6 is 0 Å². The number of unbranched alkanes of at least 4 members (excludes halogenated alkanes) is 17. The van der Waals surface area contributed by atoms with Gasteiger partial charge < -0.3 is 0 Å². The van der Waals surface area contributed by atoms with Crippen LogP contribution in [-0.2, 0) is 13.1 Å². The molecule has 0 unspecified atom stereocenters. The molecule has 0 aromatic carbocycles. The summed E-state index contributed by atoms with van der Waals surface area (Å²) in [5, 5.41) is 0. The van der Waals surface area contributed by atoms with Crippen LogP contribution in [0.4, 0.5) is 0 Å². The first-order chi connectivity index (χ1) is 13.9. The van der Waals surface area contributed by atoms with Crippen molar-refractivity contribution in [2.75, 3.05) is 0 Å². The van der Waals surface area contributed by atoms with Gasteiger partial charge in [0.15, 0.2) is 0 Å². The highest BCUT2D eigenvalue weighted by atomic mass is 15.1. The van der Waals surface area contributed by atoms with Gasteiger partial charge in [-0.05, 0) is 25.7 Å². The summed E-state index contributed by atoms with van der Waals surface area (Å²) >= 11 is 0. The maximum atomic E-state index is 2.39. The van der Waals surface area contributed by atoms with Crippen LogP contribution in [0.15, 0.2) is 18.7 Å². The zero-order valence-electron chi connectivity index (χ0n) is 19.5. The van der Waals surface area contributed by atoms with Gasteiger partial charge in [0.05, 0.1) is 13.1 Å². The third-order valence-corrected chi connectivity index (χ3v) is 6.04. The Balaban J connectivity index is 1.87. The summed E-state index contributed by atoms with van der Waals surface area (Å²) in [5.41, 5.74) is 0. The van der Waals surface area contributed by atoms with Crippen molar-refractivity contribution in [2.45, 2.75) is 149 Å². The molecule has 2 nitrogen and oxygen atoms in total. The van der Waals surface area contributed by atoms with Gasteiger partial charge in [-0.3, -0.25) is 0 Å². The molecule has 0 atom stereocenters. The molecule has 1 aromatic heterocycles. The van der Waals surface area contributed by atoms with E-state index in [9.17, 15) is 0 Å². The zero-order chi connectivity index (χ0) is 20.1. The van der Waals surface area contributed by atoms with Crippen molar-refractivity contribution in [3.8, 4) is 0 Å². The lowest BCUT2D eigenvalue weighted by Crippen LogP contribution is -2.30. The van der Waals surface area contributed by atoms with Crippen LogP contribution in [0.1, 0.15) is 136 Å². The molecule has 0 aliphatic carbocycles. The summed E-state index contributed by atoms with van der Waals surface area (Å²) in [4.78, 5) is 0. The Labute approximate surface area is 177 Å². The minimum absolute atomic E-state index is 1.19. The maximum absolute atomic E-state index is 2.39. The van der Waals surface area contributed by atoms with E-state index in [-0.39, 0.29) is 0 Å². The molecule has 0 N–H and O–H groups in total. The molecular formula is C26H51N2+. The van der Waals surface area contributed by atoms with Gasteiger partial charge in [0, 0.05) is 0 Å². The monoisotopic (exact) mass is 391 g/mol. The van der Waals surface area contributed by atoms with Crippen LogP contribution < -0.4 is 4.57 Å². The molecule has 1 rings (SSSR count). The minimum atomic E-state index is 1.19. The third-order valence-electron chi connectivity index (χ3n) is 6.04. The predicted octanol–water partition coefficient (Wildman–Crippen LogP) is 8.23. The van der Waals surface area contributed by atoms with Crippen LogP contribution in [0.2, 0.25) is 0 Å². The minimum Gasteiger partial charge on any atom is -0.237 e. The van der Waals surface area contributed by atoms with E-state index in [1.807, 2.05) is 0 Å². The standard InChI is InChI=1S/C26H51N2/c1-3-5-7-9-11-12-13-14-15-17-19-21-23-28-25-24-27(26-28)22-20-18-16-10-8-6-4-2/h24-26H,3-23H2,1-2H3/q+1. The van der Waals surface area contributed by atoms with Gasteiger partial charge in [-0.2, -0.15) is 0 Å². The lowest BCUT2D eigenvalue weighted by atomic mass is 10.1. The topological polar surface area (TPSA) is 8.81 Å². The van der Waals surface area contributed by atoms with E-state index in [2.05, 4.69) is 41.7 Å². The van der Waals surface area contributed by atoms with E-state index >= 15 is 0 Å². The fourth-order valence-corrected chi connectivity index (χ4v) is 4.09. The summed E-state index contributed by atoms with van der Waals surface area (Å²) in [6.07, 6.45) is 33.8. The molecule has 0 amide bonds. The molecule has 0 bridgehead atoms. The van der Waals surface area contributed by atoms with E-state index in [4.69, 9.17) is 0 Å². The van der Waals surface area contributed by atoms with Crippen molar-refractivity contribution in [3.05, 3.63) is 18.7 Å². The highest BCUT2D eigenvalue weighted by Crippen LogP contribution is 2.12. The number of rotatable bonds is 21. The number of hydrogen-bond acceptors (Lipinski definition) is 0. The molecule has 2 heteroatoms. The van der Waals surface area contributed by atoms with Gasteiger partial charge in [-0.1, -0.05) is 110 Å². The Morgan fingerprint density at radius 1 is 0.536 bits per heavy atom. The number of aryl methyl sites for hydroxylation is 2. The molecule has 0 radical (unpaired) electrons. The normalized spacial score (nSPS) is 11.4. The number of imidazole rings is 1. The van der Waals surface area contributed by atoms with Crippen LogP contribution in [0.3, 0.4) is 0 Å². The molecule has 28 heavy (non-hydrogen) atoms. The molecule has 0 spiro atoms. The molecule has 0 saturated carbocycles. The van der Waals surface area contributed by atoms with Crippen molar-refractivity contribution < 1.29 is 4.57 Å². The average molecular weight is 392 g/mol. The lowest BCUT2D eigenvalue weighted by Gasteiger charge is -2.02. The number of nitrogens with zero attached hydrogens (tertiary/aromatic N) is 2. The smallest absolute Gasteiger partial charge is 0.237 e. The van der Waals surface area contributed by atoms with Gasteiger partial charge in [0.25, 0.3) is 0 Å². The Bertz CT molecular complexity index is 424. The van der Waals surface area contributed by atoms with E-state index < -0.39 is 0 Å². The molecule has 1 heterocycles. The number of aromatic nitrogens is 2. The Hall–Kier alpha value is -0.790. The summed E-state index contributed by atoms with van der Waals surface area (Å²) in [7, 11) is 0. The van der Waals surface area contributed by atoms with Gasteiger partial charge >= 0.3 is 0 Å². The molecule has 0 aliphatic rings. The lowest BCUT2D eigenvalue weighted by molar-refractivity contribution is -0.696. The molecule has 1 aromatic rings. The molecule has 164 valence electrons. The van der Waals surface area contributed by atoms with E-state index in [1.54, 1.807) is 0 Å². The first-order valence-electron chi connectivity index (χ1n) is 12.9. The summed E-state index contributed by atoms with van der Waals surface area (Å²) < 4.78 is 4.77. The zero-order valence-corrected chi connectivity index (χ0v) is 19.5. The van der Waals surface area contributed by atoms with Crippen molar-refractivity contribution >= 4 is 0 Å². The second kappa shape index (κ2) is 19.5. The summed E-state index contributed by atoms with van der Waals surface area (Å²) in [5.74, 6) is 0. The van der Waals surface area contributed by atoms with Crippen molar-refractivity contribution in [1.29, 1.82) is 0 Å². The van der Waals surface area contributed by atoms with Crippen molar-refractivity contribution in [2.24, 2.45) is 0 Å². The summed E-state index contributed by atoms with van der Waals surface area (Å²) in [6.45, 7) is 6.98. The Kier molecular flexibility index (Phi) is 17.6. The molecule has 0 fully saturated rings. The van der Waals surface area contributed by atoms with Crippen LogP contribution in [-0.4, -0.2) is 4.57 Å². The van der Waals surface area contributed by atoms with Crippen LogP contribution in [0.25, 0.3) is 0 Å². The van der Waals surface area contributed by atoms with Crippen LogP contribution in [0, 0.1) is 0 Å². The fourth-order valence-electron chi connectivity index (χ4n) is 4.09. The van der Waals surface area contributed by atoms with Gasteiger partial charge in [0.2, 0.25) is 6.33 Å². The maximum Gasteiger partial charge on any atom is 0.243 e. The molecule has 0 aliphatic heterocycles. The van der Waals surface area contributed by atoms with E-state index in [1.165, 1.54) is 135 Å². The summed E-state index contributed by atoms with van der Waals surface area (Å²) in [6, 6.07) is 0. The highest BCUT2D eigenvalue weighted by molar-refractivity contribution is 4.66. The number of hydrogen-bond donors (Lipinski definition) is 0. The van der Waals surface area contributed by atoms with Gasteiger partial charge in [0.1, 0.15) is 12.4 Å². The van der Waals surface area contributed by atoms with Crippen molar-refractivity contribution in [1.82, 2.24) is 4.57 Å². The fraction of sp³-hybridized carbons (Fsp3) is 0.885. The average Bonchev–Trinajstić information content (AvgIpc) is 3.16. The first kappa shape index (κ1) is 25.2. The quantitative estimate of drug-likeness (QED) is 0.147. The van der Waals surface area contributed by atoms with Crippen molar-refractivity contribution in [3.63, 3.8) is 0 Å². The van der Waals surface area contributed by atoms with Gasteiger partial charge in [-0.15, -0.1) is 0 Å². The first-order valence-corrected chi connectivity index (χ1v) is 12.9. The van der Waals surface area contributed by atoms with Crippen LogP contribution in [0.5, 0.6) is 0 Å². The van der Waals surface area contributed by atoms with Gasteiger partial charge in [-0.25, -0.2) is 9.13 Å². The Morgan fingerprint density at radius 2 is 0.964 bits per heavy atom. The van der Waals surface area contributed by atoms with E-state index in [0.29, 0.717) is 0 Å². The van der Waals surface area contributed by atoms with E-state index in [0.717, 1.165) is 0 Å². The Morgan fingerprint density at radius 3 is 1.46 bits per heavy atom. The second-order valence-corrected chi connectivity index (χ2v) is 8.90. The predicted molar refractivity (Wildman–Crippen MR) is 124 cm³/mol. The largest absolute Gasteiger partial charge is 0.243 e. The molecular weight excluding hydrogens is 340 g/mol. The molecule has 0 saturated heterocycles. The SMILES string of the molecule is CCCCCCCCCCCCCCn1cc[n+](CCCCCCCCC)c1.